The highest BCUT2D eigenvalue weighted by Crippen LogP contribution is 2.35. The maximum absolute atomic E-state index is 15.2. The van der Waals surface area contributed by atoms with E-state index in [4.69, 9.17) is 25.2 Å². The Morgan fingerprint density at radius 2 is 1.74 bits per heavy atom. The number of urea groups is 1. The lowest BCUT2D eigenvalue weighted by molar-refractivity contribution is -0.144. The molecular formula is C28H31FN4O6. The molecule has 0 fully saturated rings. The molecule has 0 saturated heterocycles. The number of anilines is 2. The van der Waals surface area contributed by atoms with Crippen LogP contribution in [-0.2, 0) is 9.53 Å². The Kier molecular flexibility index (Phi) is 10.8. The van der Waals surface area contributed by atoms with Gasteiger partial charge in [0.25, 0.3) is 0 Å². The molecule has 0 saturated carbocycles. The summed E-state index contributed by atoms with van der Waals surface area (Å²) in [5, 5.41) is 13.0. The largest absolute Gasteiger partial charge is 0.490 e. The van der Waals surface area contributed by atoms with Crippen molar-refractivity contribution in [1.29, 1.82) is 0 Å². The number of carbonyl (C=O) groups is 2. The van der Waals surface area contributed by atoms with Crippen molar-refractivity contribution in [1.82, 2.24) is 0 Å². The van der Waals surface area contributed by atoms with Crippen molar-refractivity contribution < 1.29 is 33.3 Å². The lowest BCUT2D eigenvalue weighted by Crippen LogP contribution is -2.35. The van der Waals surface area contributed by atoms with Crippen LogP contribution in [0.5, 0.6) is 11.5 Å². The van der Waals surface area contributed by atoms with Gasteiger partial charge in [-0.2, -0.15) is 4.99 Å². The van der Waals surface area contributed by atoms with Crippen LogP contribution in [0.2, 0.25) is 0 Å². The summed E-state index contributed by atoms with van der Waals surface area (Å²) in [7, 11) is 0. The predicted octanol–water partition coefficient (Wildman–Crippen LogP) is 4.23. The summed E-state index contributed by atoms with van der Waals surface area (Å²) < 4.78 is 31.3. The molecule has 10 nitrogen and oxygen atoms in total. The van der Waals surface area contributed by atoms with Gasteiger partial charge in [-0.1, -0.05) is 30.3 Å². The number of rotatable bonds is 12. The van der Waals surface area contributed by atoms with Gasteiger partial charge in [0.1, 0.15) is 12.4 Å². The van der Waals surface area contributed by atoms with Crippen LogP contribution in [-0.4, -0.2) is 49.7 Å². The number of halogens is 1. The number of hydrogen-bond acceptors (Lipinski definition) is 8. The average molecular weight is 539 g/mol. The molecule has 3 aromatic carbocycles. The zero-order valence-electron chi connectivity index (χ0n) is 21.7. The molecule has 0 bridgehead atoms. The van der Waals surface area contributed by atoms with Gasteiger partial charge in [0.05, 0.1) is 25.5 Å². The third-order valence-corrected chi connectivity index (χ3v) is 5.33. The fourth-order valence-corrected chi connectivity index (χ4v) is 3.52. The zero-order valence-corrected chi connectivity index (χ0v) is 21.7. The normalized spacial score (nSPS) is 11.6. The van der Waals surface area contributed by atoms with E-state index in [1.807, 2.05) is 6.07 Å². The molecule has 11 heteroatoms. The van der Waals surface area contributed by atoms with Gasteiger partial charge in [0.15, 0.2) is 17.5 Å². The van der Waals surface area contributed by atoms with Crippen LogP contribution in [0.15, 0.2) is 71.7 Å². The van der Waals surface area contributed by atoms with E-state index in [1.165, 1.54) is 12.3 Å². The average Bonchev–Trinajstić information content (AvgIpc) is 2.95. The molecule has 0 aliphatic rings. The fourth-order valence-electron chi connectivity index (χ4n) is 3.52. The van der Waals surface area contributed by atoms with Gasteiger partial charge in [0, 0.05) is 23.5 Å². The number of aliphatic hydroxyl groups excluding tert-OH is 1. The van der Waals surface area contributed by atoms with Gasteiger partial charge >= 0.3 is 12.0 Å². The number of carbonyl (C=O) groups excluding carboxylic acids is 2. The number of hydrogen-bond donors (Lipinski definition) is 3. The number of para-hydroxylation sites is 1. The van der Waals surface area contributed by atoms with E-state index in [-0.39, 0.29) is 43.5 Å². The van der Waals surface area contributed by atoms with E-state index < -0.39 is 23.9 Å². The third kappa shape index (κ3) is 8.00. The first-order valence-corrected chi connectivity index (χ1v) is 12.3. The summed E-state index contributed by atoms with van der Waals surface area (Å²) in [6.07, 6.45) is 1.36. The minimum atomic E-state index is -1.20. The van der Waals surface area contributed by atoms with Crippen molar-refractivity contribution in [2.75, 3.05) is 36.8 Å². The Labute approximate surface area is 225 Å². The minimum Gasteiger partial charge on any atom is -0.490 e. The number of ether oxygens (including phenoxy) is 3. The van der Waals surface area contributed by atoms with Crippen molar-refractivity contribution in [2.24, 2.45) is 10.8 Å². The van der Waals surface area contributed by atoms with Crippen LogP contribution in [0.4, 0.5) is 20.6 Å². The number of nitrogens with one attached hydrogen (secondary N) is 1. The van der Waals surface area contributed by atoms with Crippen molar-refractivity contribution in [3.05, 3.63) is 83.7 Å². The van der Waals surface area contributed by atoms with Crippen LogP contribution in [0, 0.1) is 5.82 Å². The van der Waals surface area contributed by atoms with E-state index >= 15 is 4.39 Å². The first kappa shape index (κ1) is 29.1. The lowest BCUT2D eigenvalue weighted by Gasteiger charge is -2.21. The molecule has 206 valence electrons. The highest BCUT2D eigenvalue weighted by atomic mass is 19.1. The van der Waals surface area contributed by atoms with Gasteiger partial charge < -0.3 is 24.6 Å². The topological polar surface area (TPSA) is 136 Å². The van der Waals surface area contributed by atoms with E-state index in [9.17, 15) is 9.59 Å². The zero-order chi connectivity index (χ0) is 28.2. The maximum Gasteiger partial charge on any atom is 0.362 e. The molecule has 1 atom stereocenters. The number of nitrogens with two attached hydrogens (primary N) is 1. The number of aliphatic hydroxyl groups is 1. The molecule has 39 heavy (non-hydrogen) atoms. The number of amides is 2. The molecule has 4 N–H and O–H groups in total. The number of aliphatic imine (C=N–C) groups is 1. The summed E-state index contributed by atoms with van der Waals surface area (Å²) in [5.41, 5.74) is 1.57. The molecular weight excluding hydrogens is 507 g/mol. The van der Waals surface area contributed by atoms with Crippen LogP contribution in [0.25, 0.3) is 0 Å². The van der Waals surface area contributed by atoms with Crippen LogP contribution >= 0.6 is 0 Å². The van der Waals surface area contributed by atoms with Crippen molar-refractivity contribution >= 4 is 29.6 Å². The summed E-state index contributed by atoms with van der Waals surface area (Å²) in [5.74, 6) is 4.74. The highest BCUT2D eigenvalue weighted by Gasteiger charge is 2.27. The van der Waals surface area contributed by atoms with Crippen molar-refractivity contribution in [2.45, 2.75) is 19.9 Å². The maximum atomic E-state index is 15.2. The van der Waals surface area contributed by atoms with Gasteiger partial charge in [-0.3, -0.25) is 0 Å². The first-order chi connectivity index (χ1) is 18.9. The van der Waals surface area contributed by atoms with Gasteiger partial charge in [0.2, 0.25) is 0 Å². The Balaban J connectivity index is 1.80. The SMILES string of the molecule is CCOC(=O)C(Nc1ccc(C=NC(=O)N(N)c2ccccc2)cc1)c1cc(OCC)c(OCCO)cc1F. The van der Waals surface area contributed by atoms with E-state index in [0.717, 1.165) is 11.1 Å². The van der Waals surface area contributed by atoms with Crippen molar-refractivity contribution in [3.8, 4) is 11.5 Å². The summed E-state index contributed by atoms with van der Waals surface area (Å²) in [4.78, 5) is 29.0. The van der Waals surface area contributed by atoms with Gasteiger partial charge in [-0.05, 0) is 49.7 Å². The summed E-state index contributed by atoms with van der Waals surface area (Å²) >= 11 is 0. The second kappa shape index (κ2) is 14.5. The van der Waals surface area contributed by atoms with E-state index in [2.05, 4.69) is 10.3 Å². The molecule has 0 aliphatic heterocycles. The van der Waals surface area contributed by atoms with Crippen LogP contribution < -0.4 is 25.6 Å². The quantitative estimate of drug-likeness (QED) is 0.103. The fraction of sp³-hybridized carbons (Fsp3) is 0.250. The molecule has 0 heterocycles. The lowest BCUT2D eigenvalue weighted by atomic mass is 10.0. The highest BCUT2D eigenvalue weighted by molar-refractivity contribution is 5.99. The Bertz CT molecular complexity index is 1270. The van der Waals surface area contributed by atoms with Gasteiger partial charge in [-0.25, -0.2) is 24.8 Å². The standard InChI is InChI=1S/C28H31FN4O6/c1-3-37-24-16-22(23(29)17-25(24)39-15-14-34)26(27(35)38-4-2)32-20-12-10-19(11-13-20)18-31-28(36)33(30)21-8-6-5-7-9-21/h5-13,16-18,26,32,34H,3-4,14-15,30H2,1-2H3. The van der Waals surface area contributed by atoms with E-state index in [0.29, 0.717) is 16.9 Å². The smallest absolute Gasteiger partial charge is 0.362 e. The Morgan fingerprint density at radius 3 is 2.38 bits per heavy atom. The van der Waals surface area contributed by atoms with Crippen LogP contribution in [0.3, 0.4) is 0 Å². The number of esters is 1. The summed E-state index contributed by atoms with van der Waals surface area (Å²) in [6, 6.07) is 15.9. The molecule has 3 aromatic rings. The second-order valence-electron chi connectivity index (χ2n) is 8.02. The molecule has 2 amide bonds. The number of hydrazine groups is 1. The molecule has 0 aromatic heterocycles. The molecule has 0 radical (unpaired) electrons. The third-order valence-electron chi connectivity index (χ3n) is 5.33. The molecule has 1 unspecified atom stereocenters. The number of benzene rings is 3. The van der Waals surface area contributed by atoms with Gasteiger partial charge in [-0.15, -0.1) is 0 Å². The minimum absolute atomic E-state index is 0.00608. The van der Waals surface area contributed by atoms with Crippen LogP contribution in [0.1, 0.15) is 31.0 Å². The van der Waals surface area contributed by atoms with Crippen molar-refractivity contribution in [3.63, 3.8) is 0 Å². The monoisotopic (exact) mass is 538 g/mol. The molecule has 3 rings (SSSR count). The predicted molar refractivity (Wildman–Crippen MR) is 146 cm³/mol. The Morgan fingerprint density at radius 1 is 1.05 bits per heavy atom. The second-order valence-corrected chi connectivity index (χ2v) is 8.02. The summed E-state index contributed by atoms with van der Waals surface area (Å²) in [6.45, 7) is 3.48. The molecule has 0 aliphatic carbocycles. The Hall–Kier alpha value is -4.48. The first-order valence-electron chi connectivity index (χ1n) is 12.3. The molecule has 0 spiro atoms. The van der Waals surface area contributed by atoms with E-state index in [1.54, 1.807) is 62.4 Å². The number of nitrogens with zero attached hydrogens (tertiary/aromatic N) is 2.